The van der Waals surface area contributed by atoms with E-state index in [1.807, 2.05) is 12.3 Å². The number of anilines is 2. The molecular formula is C12H16N4OS2. The van der Waals surface area contributed by atoms with E-state index < -0.39 is 0 Å². The summed E-state index contributed by atoms with van der Waals surface area (Å²) in [6, 6.07) is 0. The maximum absolute atomic E-state index is 6.02. The molecule has 3 rings (SSSR count). The number of methoxy groups -OCH3 is 1. The van der Waals surface area contributed by atoms with Crippen LogP contribution in [0.2, 0.25) is 0 Å². The fourth-order valence-electron chi connectivity index (χ4n) is 2.33. The summed E-state index contributed by atoms with van der Waals surface area (Å²) < 4.78 is 9.72. The number of hydrogen-bond acceptors (Lipinski definition) is 7. The van der Waals surface area contributed by atoms with Gasteiger partial charge in [0.1, 0.15) is 10.8 Å². The summed E-state index contributed by atoms with van der Waals surface area (Å²) in [5.41, 5.74) is 7.94. The van der Waals surface area contributed by atoms with Crippen LogP contribution in [-0.2, 0) is 4.74 Å². The average molecular weight is 296 g/mol. The van der Waals surface area contributed by atoms with E-state index in [4.69, 9.17) is 10.5 Å². The molecule has 2 N–H and O–H groups in total. The van der Waals surface area contributed by atoms with Crippen LogP contribution in [0.25, 0.3) is 11.3 Å². The fourth-order valence-corrected chi connectivity index (χ4v) is 3.79. The monoisotopic (exact) mass is 296 g/mol. The highest BCUT2D eigenvalue weighted by Crippen LogP contribution is 2.40. The van der Waals surface area contributed by atoms with E-state index in [1.165, 1.54) is 11.5 Å². The van der Waals surface area contributed by atoms with Crippen molar-refractivity contribution in [1.29, 1.82) is 0 Å². The van der Waals surface area contributed by atoms with E-state index in [0.717, 1.165) is 40.8 Å². The van der Waals surface area contributed by atoms with Crippen LogP contribution < -0.4 is 10.6 Å². The molecule has 1 fully saturated rings. The topological polar surface area (TPSA) is 64.3 Å². The predicted octanol–water partition coefficient (Wildman–Crippen LogP) is 2.38. The number of nitrogens with two attached hydrogens (primary N) is 1. The van der Waals surface area contributed by atoms with Crippen molar-refractivity contribution < 1.29 is 4.74 Å². The van der Waals surface area contributed by atoms with E-state index in [-0.39, 0.29) is 0 Å². The van der Waals surface area contributed by atoms with Gasteiger partial charge < -0.3 is 15.4 Å². The Morgan fingerprint density at radius 3 is 3.00 bits per heavy atom. The zero-order valence-electron chi connectivity index (χ0n) is 10.9. The fraction of sp³-hybridized carbons (Fsp3) is 0.500. The molecule has 2 aromatic rings. The highest BCUT2D eigenvalue weighted by molar-refractivity contribution is 7.11. The first kappa shape index (κ1) is 12.8. The number of thiazole rings is 1. The minimum atomic E-state index is 0.299. The van der Waals surface area contributed by atoms with Crippen LogP contribution in [0, 0.1) is 6.92 Å². The number of ether oxygens (including phenoxy) is 1. The highest BCUT2D eigenvalue weighted by Gasteiger charge is 2.27. The van der Waals surface area contributed by atoms with Gasteiger partial charge in [-0.3, -0.25) is 0 Å². The normalized spacial score (nSPS) is 19.3. The standard InChI is InChI=1S/C12H16N4OS2/c1-7-14-9(6-18-7)10-11(13)15-19-12(10)16-4-3-8(5-16)17-2/h6,8H,3-5H2,1-2H3,(H2,13,15). The van der Waals surface area contributed by atoms with Crippen molar-refractivity contribution in [3.05, 3.63) is 10.4 Å². The lowest BCUT2D eigenvalue weighted by atomic mass is 10.2. The summed E-state index contributed by atoms with van der Waals surface area (Å²) in [7, 11) is 1.76. The highest BCUT2D eigenvalue weighted by atomic mass is 32.1. The first-order valence-electron chi connectivity index (χ1n) is 6.14. The molecule has 2 aromatic heterocycles. The van der Waals surface area contributed by atoms with Gasteiger partial charge in [0.05, 0.1) is 22.4 Å². The molecule has 0 radical (unpaired) electrons. The Hall–Kier alpha value is -1.18. The van der Waals surface area contributed by atoms with Crippen molar-refractivity contribution in [1.82, 2.24) is 9.36 Å². The number of aryl methyl sites for hydroxylation is 1. The first-order chi connectivity index (χ1) is 9.19. The molecule has 7 heteroatoms. The van der Waals surface area contributed by atoms with E-state index >= 15 is 0 Å². The molecule has 0 amide bonds. The van der Waals surface area contributed by atoms with Crippen LogP contribution in [0.15, 0.2) is 5.38 Å². The van der Waals surface area contributed by atoms with Gasteiger partial charge in [-0.25, -0.2) is 4.98 Å². The van der Waals surface area contributed by atoms with Gasteiger partial charge in [0.15, 0.2) is 0 Å². The third kappa shape index (κ3) is 2.33. The van der Waals surface area contributed by atoms with Gasteiger partial charge in [0.2, 0.25) is 0 Å². The quantitative estimate of drug-likeness (QED) is 0.942. The Balaban J connectivity index is 1.95. The summed E-state index contributed by atoms with van der Waals surface area (Å²) in [5, 5.41) is 4.20. The minimum absolute atomic E-state index is 0.299. The average Bonchev–Trinajstić information content (AvgIpc) is 3.08. The van der Waals surface area contributed by atoms with Gasteiger partial charge >= 0.3 is 0 Å². The summed E-state index contributed by atoms with van der Waals surface area (Å²) in [6.07, 6.45) is 1.34. The van der Waals surface area contributed by atoms with Gasteiger partial charge in [0.25, 0.3) is 0 Å². The molecule has 1 aliphatic rings. The lowest BCUT2D eigenvalue weighted by Gasteiger charge is -2.17. The molecule has 0 spiro atoms. The Morgan fingerprint density at radius 1 is 1.53 bits per heavy atom. The molecule has 0 saturated carbocycles. The van der Waals surface area contributed by atoms with E-state index in [1.54, 1.807) is 18.4 Å². The van der Waals surface area contributed by atoms with Gasteiger partial charge in [-0.2, -0.15) is 4.37 Å². The molecule has 5 nitrogen and oxygen atoms in total. The summed E-state index contributed by atoms with van der Waals surface area (Å²) in [4.78, 5) is 6.83. The van der Waals surface area contributed by atoms with Gasteiger partial charge in [-0.1, -0.05) is 0 Å². The number of aromatic nitrogens is 2. The van der Waals surface area contributed by atoms with Crippen LogP contribution in [-0.4, -0.2) is 35.7 Å². The van der Waals surface area contributed by atoms with Gasteiger partial charge in [0, 0.05) is 25.6 Å². The molecule has 0 aliphatic carbocycles. The minimum Gasteiger partial charge on any atom is -0.382 e. The molecular weight excluding hydrogens is 280 g/mol. The zero-order chi connectivity index (χ0) is 13.4. The van der Waals surface area contributed by atoms with E-state index in [0.29, 0.717) is 11.9 Å². The van der Waals surface area contributed by atoms with Crippen molar-refractivity contribution in [2.75, 3.05) is 30.8 Å². The smallest absolute Gasteiger partial charge is 0.148 e. The predicted molar refractivity (Wildman–Crippen MR) is 80.0 cm³/mol. The van der Waals surface area contributed by atoms with Crippen LogP contribution in [0.1, 0.15) is 11.4 Å². The van der Waals surface area contributed by atoms with Crippen molar-refractivity contribution in [2.24, 2.45) is 0 Å². The van der Waals surface area contributed by atoms with Crippen LogP contribution >= 0.6 is 22.9 Å². The number of rotatable bonds is 3. The van der Waals surface area contributed by atoms with Crippen molar-refractivity contribution in [3.8, 4) is 11.3 Å². The number of nitrogen functional groups attached to an aromatic ring is 1. The van der Waals surface area contributed by atoms with Crippen LogP contribution in [0.4, 0.5) is 10.8 Å². The largest absolute Gasteiger partial charge is 0.382 e. The third-order valence-corrected chi connectivity index (χ3v) is 5.04. The van der Waals surface area contributed by atoms with Crippen LogP contribution in [0.3, 0.4) is 0 Å². The summed E-state index contributed by atoms with van der Waals surface area (Å²) in [6.45, 7) is 3.88. The number of nitrogens with zero attached hydrogens (tertiary/aromatic N) is 3. The van der Waals surface area contributed by atoms with Crippen LogP contribution in [0.5, 0.6) is 0 Å². The van der Waals surface area contributed by atoms with Crippen molar-refractivity contribution >= 4 is 33.7 Å². The molecule has 3 heterocycles. The maximum atomic E-state index is 6.02. The summed E-state index contributed by atoms with van der Waals surface area (Å²) in [5.74, 6) is 0.575. The Bertz CT molecular complexity index is 580. The molecule has 0 aromatic carbocycles. The molecule has 19 heavy (non-hydrogen) atoms. The third-order valence-electron chi connectivity index (χ3n) is 3.34. The van der Waals surface area contributed by atoms with E-state index in [2.05, 4.69) is 14.3 Å². The summed E-state index contributed by atoms with van der Waals surface area (Å²) >= 11 is 3.08. The van der Waals surface area contributed by atoms with Crippen molar-refractivity contribution in [3.63, 3.8) is 0 Å². The Labute approximate surface area is 120 Å². The zero-order valence-corrected chi connectivity index (χ0v) is 12.6. The molecule has 1 saturated heterocycles. The molecule has 1 aliphatic heterocycles. The molecule has 0 bridgehead atoms. The van der Waals surface area contributed by atoms with Gasteiger partial charge in [-0.05, 0) is 24.9 Å². The Morgan fingerprint density at radius 2 is 2.37 bits per heavy atom. The number of hydrogen-bond donors (Lipinski definition) is 1. The SMILES string of the molecule is COC1CCN(c2snc(N)c2-c2csc(C)n2)C1. The molecule has 1 atom stereocenters. The lowest BCUT2D eigenvalue weighted by molar-refractivity contribution is 0.121. The van der Waals surface area contributed by atoms with E-state index in [9.17, 15) is 0 Å². The molecule has 102 valence electrons. The second-order valence-corrected chi connectivity index (χ2v) is 6.41. The maximum Gasteiger partial charge on any atom is 0.148 e. The second-order valence-electron chi connectivity index (χ2n) is 4.59. The molecule has 1 unspecified atom stereocenters. The first-order valence-corrected chi connectivity index (χ1v) is 7.79. The Kier molecular flexibility index (Phi) is 3.42. The van der Waals surface area contributed by atoms with Crippen molar-refractivity contribution in [2.45, 2.75) is 19.4 Å². The van der Waals surface area contributed by atoms with Gasteiger partial charge in [-0.15, -0.1) is 11.3 Å². The lowest BCUT2D eigenvalue weighted by Crippen LogP contribution is -2.21. The second kappa shape index (κ2) is 5.07.